The molecule has 0 radical (unpaired) electrons. The number of amides is 1. The number of nitrogens with zero attached hydrogens (tertiary/aromatic N) is 5. The van der Waals surface area contributed by atoms with E-state index in [0.717, 1.165) is 68.3 Å². The Morgan fingerprint density at radius 1 is 1.00 bits per heavy atom. The summed E-state index contributed by atoms with van der Waals surface area (Å²) in [4.78, 5) is 39.1. The molecule has 0 atom stereocenters. The number of nitrogens with one attached hydrogen (secondary N) is 1. The van der Waals surface area contributed by atoms with Crippen molar-refractivity contribution in [3.8, 4) is 11.5 Å². The van der Waals surface area contributed by atoms with E-state index in [4.69, 9.17) is 10.1 Å². The third-order valence-corrected chi connectivity index (χ3v) is 10.2. The predicted molar refractivity (Wildman–Crippen MR) is 179 cm³/mol. The molecule has 47 heavy (non-hydrogen) atoms. The van der Waals surface area contributed by atoms with Crippen molar-refractivity contribution >= 4 is 55.8 Å². The van der Waals surface area contributed by atoms with E-state index in [0.29, 0.717) is 24.2 Å². The van der Waals surface area contributed by atoms with Gasteiger partial charge in [-0.25, -0.2) is 23.7 Å². The molecule has 3 heterocycles. The first-order valence-corrected chi connectivity index (χ1v) is 16.5. The third kappa shape index (κ3) is 5.62. The zero-order valence-electron chi connectivity index (χ0n) is 26.0. The molecule has 0 saturated heterocycles. The van der Waals surface area contributed by atoms with Crippen LogP contribution in [0.25, 0.3) is 39.5 Å². The third-order valence-electron chi connectivity index (χ3n) is 9.78. The highest BCUT2D eigenvalue weighted by atomic mass is 79.9. The second kappa shape index (κ2) is 11.7. The van der Waals surface area contributed by atoms with E-state index in [9.17, 15) is 18.4 Å². The van der Waals surface area contributed by atoms with E-state index < -0.39 is 17.4 Å². The Bertz CT molecular complexity index is 2070. The van der Waals surface area contributed by atoms with Crippen LogP contribution < -0.4 is 5.32 Å². The van der Waals surface area contributed by atoms with E-state index in [1.807, 2.05) is 53.6 Å². The number of hydrogen-bond acceptors (Lipinski definition) is 5. The topological polar surface area (TPSA) is 118 Å². The van der Waals surface area contributed by atoms with Gasteiger partial charge in [-0.05, 0) is 95.4 Å². The maximum Gasteiger partial charge on any atom is 0.541 e. The van der Waals surface area contributed by atoms with Gasteiger partial charge in [-0.15, -0.1) is 0 Å². The summed E-state index contributed by atoms with van der Waals surface area (Å²) < 4.78 is 33.0. The van der Waals surface area contributed by atoms with Gasteiger partial charge >= 0.3 is 5.97 Å². The van der Waals surface area contributed by atoms with Crippen molar-refractivity contribution in [3.05, 3.63) is 81.9 Å². The summed E-state index contributed by atoms with van der Waals surface area (Å²) in [5.74, 6) is -2.47. The van der Waals surface area contributed by atoms with Crippen molar-refractivity contribution in [2.45, 2.75) is 62.3 Å². The number of fused-ring (bicyclic) bond motifs is 2. The fourth-order valence-corrected chi connectivity index (χ4v) is 7.39. The standard InChI is InChI=1S/C35H33BrF2N6O3/c1-43-26-17-22(6-7-24(26)29(21-10-14-35(37,38)15-11-21)30(43)31-39-18-23(36)19-40-31)32(47)42-34(12-3-13-34)33-41-25-8-4-20(5-9-28(45)46)16-27(25)44(33)2/h4-9,16-19,21H,3,10-15H2,1-2H3,(H,42,47)(H,45,46)/p+1/b9-5+. The van der Waals surface area contributed by atoms with Crippen LogP contribution >= 0.6 is 15.9 Å². The summed E-state index contributed by atoms with van der Waals surface area (Å²) in [6.07, 6.45) is 8.97. The molecule has 1 amide bonds. The van der Waals surface area contributed by atoms with E-state index in [1.165, 1.54) is 6.08 Å². The molecule has 0 unspecified atom stereocenters. The van der Waals surface area contributed by atoms with Gasteiger partial charge < -0.3 is 19.6 Å². The number of imidazole rings is 1. The Balaban J connectivity index is 1.24. The molecule has 5 aromatic rings. The molecule has 2 fully saturated rings. The number of hydrogen-bond donors (Lipinski definition) is 1. The summed E-state index contributed by atoms with van der Waals surface area (Å²) >= 11 is 3.40. The van der Waals surface area contributed by atoms with Gasteiger partial charge in [0, 0.05) is 60.6 Å². The highest BCUT2D eigenvalue weighted by Crippen LogP contribution is 2.47. The van der Waals surface area contributed by atoms with Crippen LogP contribution in [-0.2, 0) is 24.4 Å². The molecule has 7 rings (SSSR count). The van der Waals surface area contributed by atoms with E-state index in [1.54, 1.807) is 24.5 Å². The molecule has 0 bridgehead atoms. The Morgan fingerprint density at radius 3 is 2.38 bits per heavy atom. The Morgan fingerprint density at radius 2 is 1.72 bits per heavy atom. The van der Waals surface area contributed by atoms with Gasteiger partial charge in [-0.1, -0.05) is 12.1 Å². The lowest BCUT2D eigenvalue weighted by Crippen LogP contribution is -2.52. The van der Waals surface area contributed by atoms with Crippen LogP contribution in [-0.4, -0.2) is 47.0 Å². The fourth-order valence-electron chi connectivity index (χ4n) is 7.19. The zero-order chi connectivity index (χ0) is 33.1. The maximum absolute atomic E-state index is 14.2. The first-order chi connectivity index (χ1) is 22.4. The lowest BCUT2D eigenvalue weighted by Gasteiger charge is -2.41. The van der Waals surface area contributed by atoms with E-state index >= 15 is 0 Å². The molecular formula is C35H34BrF2N6O3+. The SMILES string of the molecule is Cn1c(C2(NC(=O)c3ccc4c(C5CCC(F)(F)CC5)c(-c5ncc(Br)cn5)n(C)c4c3)CCC2)nc2ccc(/C=C/C(=O)[OH2+])cc21. The van der Waals surface area contributed by atoms with Crippen LogP contribution in [0.1, 0.15) is 78.2 Å². The van der Waals surface area contributed by atoms with Gasteiger partial charge in [0.15, 0.2) is 5.82 Å². The highest BCUT2D eigenvalue weighted by molar-refractivity contribution is 9.10. The van der Waals surface area contributed by atoms with Gasteiger partial charge in [0.05, 0.1) is 32.8 Å². The minimum Gasteiger partial charge on any atom is -0.561 e. The lowest BCUT2D eigenvalue weighted by atomic mass is 9.75. The Hall–Kier alpha value is -4.45. The van der Waals surface area contributed by atoms with Gasteiger partial charge in [0.1, 0.15) is 5.82 Å². The normalized spacial score (nSPS) is 17.7. The molecule has 2 saturated carbocycles. The minimum absolute atomic E-state index is 0.0838. The van der Waals surface area contributed by atoms with Crippen LogP contribution in [0, 0.1) is 0 Å². The monoisotopic (exact) mass is 703 g/mol. The van der Waals surface area contributed by atoms with Crippen molar-refractivity contribution in [3.63, 3.8) is 0 Å². The molecule has 2 aromatic carbocycles. The van der Waals surface area contributed by atoms with Crippen molar-refractivity contribution in [2.24, 2.45) is 14.1 Å². The van der Waals surface area contributed by atoms with Crippen LogP contribution in [0.5, 0.6) is 0 Å². The molecule has 9 nitrogen and oxygen atoms in total. The smallest absolute Gasteiger partial charge is 0.541 e. The molecule has 242 valence electrons. The fraction of sp³-hybridized carbons (Fsp3) is 0.343. The molecule has 3 aromatic heterocycles. The van der Waals surface area contributed by atoms with Crippen LogP contribution in [0.4, 0.5) is 8.78 Å². The number of aromatic nitrogens is 5. The Labute approximate surface area is 277 Å². The molecule has 0 aliphatic heterocycles. The van der Waals surface area contributed by atoms with Crippen LogP contribution in [0.2, 0.25) is 0 Å². The van der Waals surface area contributed by atoms with Crippen molar-refractivity contribution in [1.82, 2.24) is 29.4 Å². The zero-order valence-corrected chi connectivity index (χ0v) is 27.6. The van der Waals surface area contributed by atoms with Gasteiger partial charge in [0.2, 0.25) is 5.92 Å². The molecule has 12 heteroatoms. The number of carbonyl (C=O) groups excluding carboxylic acids is 2. The summed E-state index contributed by atoms with van der Waals surface area (Å²) in [5.41, 5.74) is 4.80. The second-order valence-electron chi connectivity index (χ2n) is 12.7. The lowest BCUT2D eigenvalue weighted by molar-refractivity contribution is -0.131. The second-order valence-corrected chi connectivity index (χ2v) is 13.7. The van der Waals surface area contributed by atoms with Crippen LogP contribution in [0.15, 0.2) is 59.3 Å². The number of halogens is 3. The van der Waals surface area contributed by atoms with Crippen LogP contribution in [0.3, 0.4) is 0 Å². The minimum atomic E-state index is -2.65. The molecular weight excluding hydrogens is 670 g/mol. The van der Waals surface area contributed by atoms with Crippen molar-refractivity contribution < 1.29 is 23.5 Å². The predicted octanol–water partition coefficient (Wildman–Crippen LogP) is 6.65. The summed E-state index contributed by atoms with van der Waals surface area (Å²) in [6, 6.07) is 11.2. The van der Waals surface area contributed by atoms with Gasteiger partial charge in [-0.3, -0.25) is 4.79 Å². The molecule has 2 aliphatic rings. The van der Waals surface area contributed by atoms with E-state index in [-0.39, 0.29) is 24.7 Å². The van der Waals surface area contributed by atoms with Gasteiger partial charge in [-0.2, -0.15) is 0 Å². The van der Waals surface area contributed by atoms with Crippen molar-refractivity contribution in [1.29, 1.82) is 0 Å². The largest absolute Gasteiger partial charge is 0.561 e. The summed E-state index contributed by atoms with van der Waals surface area (Å²) in [7, 11) is 3.83. The number of alkyl halides is 2. The maximum atomic E-state index is 14.2. The first kappa shape index (κ1) is 31.2. The summed E-state index contributed by atoms with van der Waals surface area (Å²) in [5, 5.41) is 11.4. The number of rotatable bonds is 7. The molecule has 3 N–H and O–H groups in total. The number of benzene rings is 2. The molecule has 2 aliphatic carbocycles. The average molecular weight is 705 g/mol. The van der Waals surface area contributed by atoms with Gasteiger partial charge in [0.25, 0.3) is 5.91 Å². The quantitative estimate of drug-likeness (QED) is 0.150. The Kier molecular flexibility index (Phi) is 7.73. The van der Waals surface area contributed by atoms with E-state index in [2.05, 4.69) is 31.2 Å². The van der Waals surface area contributed by atoms with Crippen molar-refractivity contribution in [2.75, 3.05) is 0 Å². The molecule has 0 spiro atoms. The summed E-state index contributed by atoms with van der Waals surface area (Å²) in [6.45, 7) is 0. The first-order valence-electron chi connectivity index (χ1n) is 15.7. The average Bonchev–Trinajstić information content (AvgIpc) is 3.51. The number of carbonyl (C=O) groups is 2. The highest BCUT2D eigenvalue weighted by Gasteiger charge is 2.44. The number of aryl methyl sites for hydroxylation is 2.